The summed E-state index contributed by atoms with van der Waals surface area (Å²) in [4.78, 5) is 37.6. The third-order valence-corrected chi connectivity index (χ3v) is 19.9. The van der Waals surface area contributed by atoms with Crippen LogP contribution in [0.25, 0.3) is 0 Å². The number of quaternary nitrogens is 1. The number of carboxylic acid groups (broad SMARTS) is 1. The topological polar surface area (TPSA) is 111 Å². The van der Waals surface area contributed by atoms with Gasteiger partial charge in [0.25, 0.3) is 0 Å². The standard InChI is InChI=1S/C84H165NO8/c1-6-8-10-12-14-16-18-20-22-24-26-28-30-32-34-36-38-39-40-41-42-43-44-45-47-49-51-53-55-57-59-61-63-65-67-69-71-73-75-82(87)93-80(79-92-84(83(88)89)90-77-76-85(3,4)5)78-91-81(86)74-72-70-68-66-64-62-60-58-56-54-52-50-48-46-37-35-33-31-29-27-25-23-21-19-17-15-13-11-9-7-2/h80,84H,6-79H2,1-5H3. The maximum atomic E-state index is 13.0. The van der Waals surface area contributed by atoms with E-state index in [-0.39, 0.29) is 32.2 Å². The Labute approximate surface area is 581 Å². The molecule has 0 radical (unpaired) electrons. The van der Waals surface area contributed by atoms with Crippen LogP contribution in [0.5, 0.6) is 0 Å². The smallest absolute Gasteiger partial charge is 0.306 e. The maximum Gasteiger partial charge on any atom is 0.306 e. The van der Waals surface area contributed by atoms with Gasteiger partial charge in [0.15, 0.2) is 12.4 Å². The molecule has 554 valence electrons. The fraction of sp³-hybridized carbons (Fsp3) is 0.964. The van der Waals surface area contributed by atoms with E-state index in [0.717, 1.165) is 38.5 Å². The van der Waals surface area contributed by atoms with Crippen molar-refractivity contribution in [1.29, 1.82) is 0 Å². The molecule has 0 bridgehead atoms. The quantitative estimate of drug-likeness (QED) is 0.0256. The van der Waals surface area contributed by atoms with Gasteiger partial charge >= 0.3 is 11.9 Å². The highest BCUT2D eigenvalue weighted by molar-refractivity contribution is 5.70. The molecule has 93 heavy (non-hydrogen) atoms. The van der Waals surface area contributed by atoms with Crippen molar-refractivity contribution in [3.8, 4) is 0 Å². The number of unbranched alkanes of at least 4 members (excludes halogenated alkanes) is 66. The molecule has 0 spiro atoms. The van der Waals surface area contributed by atoms with Gasteiger partial charge in [-0.2, -0.15) is 0 Å². The van der Waals surface area contributed by atoms with E-state index in [9.17, 15) is 19.5 Å². The highest BCUT2D eigenvalue weighted by Crippen LogP contribution is 2.21. The van der Waals surface area contributed by atoms with Crippen LogP contribution in [-0.2, 0) is 33.3 Å². The third-order valence-electron chi connectivity index (χ3n) is 19.9. The van der Waals surface area contributed by atoms with Crippen molar-refractivity contribution in [2.24, 2.45) is 0 Å². The van der Waals surface area contributed by atoms with Crippen LogP contribution >= 0.6 is 0 Å². The second kappa shape index (κ2) is 76.1. The lowest BCUT2D eigenvalue weighted by Crippen LogP contribution is -2.44. The van der Waals surface area contributed by atoms with Gasteiger partial charge in [0, 0.05) is 12.8 Å². The first-order valence-corrected chi connectivity index (χ1v) is 42.2. The molecule has 2 unspecified atom stereocenters. The number of hydrogen-bond acceptors (Lipinski definition) is 8. The number of ether oxygens (including phenoxy) is 4. The first-order valence-electron chi connectivity index (χ1n) is 42.2. The number of likely N-dealkylation sites (N-methyl/N-ethyl adjacent to an activating group) is 1. The zero-order valence-corrected chi connectivity index (χ0v) is 63.7. The molecule has 2 atom stereocenters. The lowest BCUT2D eigenvalue weighted by atomic mass is 10.0. The lowest BCUT2D eigenvalue weighted by molar-refractivity contribution is -0.870. The SMILES string of the molecule is CCCCCCCCCCCCCCCCCCCCCCCCCCCCCCCCCCCCCCCCC(=O)OC(COC(=O)CCCCCCCCCCCCCCCCCCCCCCCCCCCCCCCC)COC(OCC[N+](C)(C)C)C(=O)[O-]. The van der Waals surface area contributed by atoms with Crippen molar-refractivity contribution in [2.45, 2.75) is 476 Å². The van der Waals surface area contributed by atoms with Crippen molar-refractivity contribution in [3.05, 3.63) is 0 Å². The minimum atomic E-state index is -1.62. The molecule has 0 aliphatic heterocycles. The average Bonchev–Trinajstić information content (AvgIpc) is 3.74. The second-order valence-corrected chi connectivity index (χ2v) is 30.5. The molecule has 0 amide bonds. The Morgan fingerprint density at radius 1 is 0.280 bits per heavy atom. The average molecular weight is 1320 g/mol. The van der Waals surface area contributed by atoms with Gasteiger partial charge in [-0.05, 0) is 12.8 Å². The molecule has 0 aromatic rings. The molecule has 0 aliphatic rings. The second-order valence-electron chi connectivity index (χ2n) is 30.5. The Morgan fingerprint density at radius 3 is 0.688 bits per heavy atom. The molecule has 9 nitrogen and oxygen atoms in total. The van der Waals surface area contributed by atoms with E-state index in [1.54, 1.807) is 0 Å². The zero-order valence-electron chi connectivity index (χ0n) is 63.7. The Morgan fingerprint density at radius 2 is 0.484 bits per heavy atom. The first-order chi connectivity index (χ1) is 45.6. The molecule has 0 aromatic heterocycles. The van der Waals surface area contributed by atoms with Gasteiger partial charge in [0.05, 0.1) is 40.3 Å². The number of hydrogen-bond donors (Lipinski definition) is 0. The highest BCUT2D eigenvalue weighted by Gasteiger charge is 2.22. The molecule has 0 aliphatic carbocycles. The van der Waals surface area contributed by atoms with Crippen LogP contribution in [0.2, 0.25) is 0 Å². The van der Waals surface area contributed by atoms with Gasteiger partial charge in [-0.1, -0.05) is 438 Å². The summed E-state index contributed by atoms with van der Waals surface area (Å²) in [6.45, 7) is 4.86. The van der Waals surface area contributed by atoms with E-state index in [0.29, 0.717) is 17.4 Å². The van der Waals surface area contributed by atoms with E-state index in [1.165, 1.54) is 398 Å². The minimum Gasteiger partial charge on any atom is -0.545 e. The number of aliphatic carboxylic acids is 1. The predicted octanol–water partition coefficient (Wildman–Crippen LogP) is 25.6. The van der Waals surface area contributed by atoms with Gasteiger partial charge in [-0.15, -0.1) is 0 Å². The van der Waals surface area contributed by atoms with E-state index in [4.69, 9.17) is 18.9 Å². The number of esters is 2. The molecule has 0 saturated heterocycles. The summed E-state index contributed by atoms with van der Waals surface area (Å²) in [6, 6.07) is 0. The molecule has 9 heteroatoms. The Hall–Kier alpha value is -1.71. The summed E-state index contributed by atoms with van der Waals surface area (Å²) >= 11 is 0. The van der Waals surface area contributed by atoms with E-state index < -0.39 is 24.3 Å². The minimum absolute atomic E-state index is 0.154. The largest absolute Gasteiger partial charge is 0.545 e. The van der Waals surface area contributed by atoms with Crippen molar-refractivity contribution >= 4 is 17.9 Å². The molecule has 0 rings (SSSR count). The van der Waals surface area contributed by atoms with Crippen LogP contribution in [0.1, 0.15) is 463 Å². The van der Waals surface area contributed by atoms with Crippen LogP contribution in [-0.4, -0.2) is 82.3 Å². The predicted molar refractivity (Wildman–Crippen MR) is 399 cm³/mol. The summed E-state index contributed by atoms with van der Waals surface area (Å²) in [7, 11) is 5.96. The number of carbonyl (C=O) groups is 3. The fourth-order valence-electron chi connectivity index (χ4n) is 13.4. The summed E-state index contributed by atoms with van der Waals surface area (Å²) < 4.78 is 22.9. The van der Waals surface area contributed by atoms with Gasteiger partial charge < -0.3 is 33.3 Å². The summed E-state index contributed by atoms with van der Waals surface area (Å²) in [5.74, 6) is -2.24. The molecular weight excluding hydrogens is 1150 g/mol. The van der Waals surface area contributed by atoms with E-state index >= 15 is 0 Å². The van der Waals surface area contributed by atoms with Crippen LogP contribution in [0.15, 0.2) is 0 Å². The summed E-state index contributed by atoms with van der Waals surface area (Å²) in [5.41, 5.74) is 0. The van der Waals surface area contributed by atoms with Gasteiger partial charge in [-0.3, -0.25) is 9.59 Å². The fourth-order valence-corrected chi connectivity index (χ4v) is 13.4. The van der Waals surface area contributed by atoms with Crippen LogP contribution in [0.3, 0.4) is 0 Å². The van der Waals surface area contributed by atoms with E-state index in [2.05, 4.69) is 13.8 Å². The molecule has 0 aromatic carbocycles. The van der Waals surface area contributed by atoms with Crippen molar-refractivity contribution < 1.29 is 42.9 Å². The number of nitrogens with zero attached hydrogens (tertiary/aromatic N) is 1. The van der Waals surface area contributed by atoms with Crippen molar-refractivity contribution in [2.75, 3.05) is 47.5 Å². The normalized spacial score (nSPS) is 12.5. The summed E-state index contributed by atoms with van der Waals surface area (Å²) in [5, 5.41) is 11.9. The number of carbonyl (C=O) groups excluding carboxylic acids is 3. The number of carboxylic acids is 1. The van der Waals surface area contributed by atoms with Gasteiger partial charge in [0.2, 0.25) is 0 Å². The Kier molecular flexibility index (Phi) is 74.7. The summed E-state index contributed by atoms with van der Waals surface area (Å²) in [6.07, 6.45) is 91.2. The van der Waals surface area contributed by atoms with Crippen LogP contribution < -0.4 is 5.11 Å². The van der Waals surface area contributed by atoms with Gasteiger partial charge in [-0.25, -0.2) is 0 Å². The molecular formula is C84H165NO8. The molecule has 0 N–H and O–H groups in total. The Bertz CT molecular complexity index is 1480. The van der Waals surface area contributed by atoms with Crippen molar-refractivity contribution in [3.63, 3.8) is 0 Å². The first kappa shape index (κ1) is 91.3. The van der Waals surface area contributed by atoms with E-state index in [1.807, 2.05) is 21.1 Å². The maximum absolute atomic E-state index is 13.0. The number of rotatable bonds is 81. The molecule has 0 fully saturated rings. The Balaban J connectivity index is 3.91. The van der Waals surface area contributed by atoms with Gasteiger partial charge in [0.1, 0.15) is 13.2 Å². The molecule has 0 heterocycles. The zero-order chi connectivity index (χ0) is 67.5. The monoisotopic (exact) mass is 1320 g/mol. The highest BCUT2D eigenvalue weighted by atomic mass is 16.7. The third kappa shape index (κ3) is 77.5. The lowest BCUT2D eigenvalue weighted by Gasteiger charge is -2.26. The van der Waals surface area contributed by atoms with Crippen LogP contribution in [0.4, 0.5) is 0 Å². The molecule has 0 saturated carbocycles. The van der Waals surface area contributed by atoms with Crippen LogP contribution in [0, 0.1) is 0 Å². The van der Waals surface area contributed by atoms with Crippen molar-refractivity contribution in [1.82, 2.24) is 0 Å².